The number of halogens is 2. The minimum atomic E-state index is -0.877. The molecule has 0 aliphatic heterocycles. The molecule has 0 saturated heterocycles. The van der Waals surface area contributed by atoms with Gasteiger partial charge in [-0.05, 0) is 49.2 Å². The average molecular weight is 419 g/mol. The van der Waals surface area contributed by atoms with Gasteiger partial charge < -0.3 is 14.5 Å². The van der Waals surface area contributed by atoms with Crippen LogP contribution < -0.4 is 5.32 Å². The van der Waals surface area contributed by atoms with Crippen LogP contribution >= 0.6 is 0 Å². The zero-order chi connectivity index (χ0) is 22.0. The molecule has 0 aliphatic carbocycles. The maximum Gasteiger partial charge on any atom is 0.257 e. The van der Waals surface area contributed by atoms with E-state index in [1.807, 2.05) is 61.1 Å². The summed E-state index contributed by atoms with van der Waals surface area (Å²) < 4.78 is 32.2. The lowest BCUT2D eigenvalue weighted by Crippen LogP contribution is -2.26. The molecule has 1 N–H and O–H groups in total. The van der Waals surface area contributed by atoms with Gasteiger partial charge in [-0.25, -0.2) is 8.78 Å². The Labute approximate surface area is 179 Å². The third-order valence-electron chi connectivity index (χ3n) is 5.57. The van der Waals surface area contributed by atoms with E-state index in [1.54, 1.807) is 0 Å². The van der Waals surface area contributed by atoms with Crippen molar-refractivity contribution in [3.8, 4) is 5.82 Å². The minimum Gasteiger partial charge on any atom is -0.348 e. The quantitative estimate of drug-likeness (QED) is 0.461. The highest BCUT2D eigenvalue weighted by Gasteiger charge is 2.22. The van der Waals surface area contributed by atoms with Crippen LogP contribution in [0.2, 0.25) is 0 Å². The van der Waals surface area contributed by atoms with Crippen molar-refractivity contribution >= 4 is 5.91 Å². The van der Waals surface area contributed by atoms with Crippen LogP contribution in [0.1, 0.15) is 32.7 Å². The van der Waals surface area contributed by atoms with Crippen molar-refractivity contribution in [2.75, 3.05) is 0 Å². The van der Waals surface area contributed by atoms with E-state index in [0.29, 0.717) is 6.54 Å². The number of hydrogen-bond donors (Lipinski definition) is 1. The monoisotopic (exact) mass is 419 g/mol. The Bertz CT molecular complexity index is 1190. The molecule has 0 radical (unpaired) electrons. The lowest BCUT2D eigenvalue weighted by Gasteiger charge is -2.15. The molecule has 0 saturated carbocycles. The van der Waals surface area contributed by atoms with Gasteiger partial charge in [0.2, 0.25) is 0 Å². The van der Waals surface area contributed by atoms with Crippen molar-refractivity contribution in [3.63, 3.8) is 0 Å². The summed E-state index contributed by atoms with van der Waals surface area (Å²) in [6.45, 7) is 4.84. The van der Waals surface area contributed by atoms with Crippen LogP contribution in [0, 0.1) is 25.5 Å². The molecule has 2 heterocycles. The fourth-order valence-corrected chi connectivity index (χ4v) is 3.82. The van der Waals surface area contributed by atoms with E-state index < -0.39 is 23.1 Å². The summed E-state index contributed by atoms with van der Waals surface area (Å²) in [5, 5.41) is 2.70. The van der Waals surface area contributed by atoms with E-state index in [2.05, 4.69) is 22.0 Å². The number of nitrogens with zero attached hydrogens (tertiary/aromatic N) is 2. The second-order valence-electron chi connectivity index (χ2n) is 7.45. The third kappa shape index (κ3) is 4.01. The first-order valence-corrected chi connectivity index (χ1v) is 10.1. The highest BCUT2D eigenvalue weighted by atomic mass is 19.1. The van der Waals surface area contributed by atoms with Gasteiger partial charge in [0.05, 0.1) is 0 Å². The molecule has 0 aliphatic rings. The standard InChI is InChI=1S/C25H23F2N3O/c1-17-18(2)30(16-19-9-4-3-5-10-19)25(29-13-6-7-14-29)20(17)15-28-24(31)23-21(26)11-8-12-22(23)27/h3-14H,15-16H2,1-2H3,(H,28,31). The van der Waals surface area contributed by atoms with Gasteiger partial charge in [-0.1, -0.05) is 36.4 Å². The Morgan fingerprint density at radius 1 is 0.903 bits per heavy atom. The van der Waals surface area contributed by atoms with Crippen molar-refractivity contribution in [2.45, 2.75) is 26.9 Å². The average Bonchev–Trinajstić information content (AvgIpc) is 3.36. The van der Waals surface area contributed by atoms with Crippen LogP contribution in [-0.2, 0) is 13.1 Å². The smallest absolute Gasteiger partial charge is 0.257 e. The molecule has 2 aromatic carbocycles. The molecule has 4 nitrogen and oxygen atoms in total. The minimum absolute atomic E-state index is 0.147. The number of amides is 1. The molecule has 4 aromatic rings. The van der Waals surface area contributed by atoms with Crippen LogP contribution in [0.4, 0.5) is 8.78 Å². The SMILES string of the molecule is Cc1c(CNC(=O)c2c(F)cccc2F)c(-n2cccc2)n(Cc2ccccc2)c1C. The second kappa shape index (κ2) is 8.60. The van der Waals surface area contributed by atoms with Gasteiger partial charge in [0.25, 0.3) is 5.91 Å². The predicted octanol–water partition coefficient (Wildman–Crippen LogP) is 5.15. The summed E-state index contributed by atoms with van der Waals surface area (Å²) in [6, 6.07) is 17.4. The Morgan fingerprint density at radius 3 is 2.19 bits per heavy atom. The number of carbonyl (C=O) groups excluding carboxylic acids is 1. The van der Waals surface area contributed by atoms with Gasteiger partial charge in [-0.3, -0.25) is 4.79 Å². The maximum atomic E-state index is 14.0. The van der Waals surface area contributed by atoms with Crippen LogP contribution in [-0.4, -0.2) is 15.0 Å². The molecule has 6 heteroatoms. The van der Waals surface area contributed by atoms with Gasteiger partial charge in [-0.2, -0.15) is 0 Å². The first-order chi connectivity index (χ1) is 15.0. The number of carbonyl (C=O) groups is 1. The number of aromatic nitrogens is 2. The lowest BCUT2D eigenvalue weighted by atomic mass is 10.1. The van der Waals surface area contributed by atoms with Crippen molar-refractivity contribution in [2.24, 2.45) is 0 Å². The molecule has 1 amide bonds. The van der Waals surface area contributed by atoms with E-state index in [0.717, 1.165) is 40.3 Å². The van der Waals surface area contributed by atoms with E-state index in [4.69, 9.17) is 0 Å². The Balaban J connectivity index is 1.71. The van der Waals surface area contributed by atoms with Gasteiger partial charge >= 0.3 is 0 Å². The second-order valence-corrected chi connectivity index (χ2v) is 7.45. The molecule has 0 atom stereocenters. The molecule has 0 unspecified atom stereocenters. The molecule has 31 heavy (non-hydrogen) atoms. The zero-order valence-corrected chi connectivity index (χ0v) is 17.4. The van der Waals surface area contributed by atoms with Gasteiger partial charge in [-0.15, -0.1) is 0 Å². The third-order valence-corrected chi connectivity index (χ3v) is 5.57. The van der Waals surface area contributed by atoms with E-state index in [9.17, 15) is 13.6 Å². The van der Waals surface area contributed by atoms with E-state index in [1.165, 1.54) is 6.07 Å². The number of benzene rings is 2. The summed E-state index contributed by atoms with van der Waals surface area (Å²) in [4.78, 5) is 12.5. The highest BCUT2D eigenvalue weighted by Crippen LogP contribution is 2.27. The first kappa shape index (κ1) is 20.6. The summed E-state index contributed by atoms with van der Waals surface area (Å²) >= 11 is 0. The van der Waals surface area contributed by atoms with Gasteiger partial charge in [0.15, 0.2) is 0 Å². The molecule has 0 spiro atoms. The van der Waals surface area contributed by atoms with Crippen LogP contribution in [0.15, 0.2) is 73.1 Å². The van der Waals surface area contributed by atoms with Crippen molar-refractivity contribution in [1.29, 1.82) is 0 Å². The molecular formula is C25H23F2N3O. The first-order valence-electron chi connectivity index (χ1n) is 10.1. The van der Waals surface area contributed by atoms with Crippen LogP contribution in [0.5, 0.6) is 0 Å². The molecule has 0 fully saturated rings. The number of nitrogens with one attached hydrogen (secondary N) is 1. The maximum absolute atomic E-state index is 14.0. The Kier molecular flexibility index (Phi) is 5.71. The van der Waals surface area contributed by atoms with Crippen molar-refractivity contribution in [1.82, 2.24) is 14.5 Å². The summed E-state index contributed by atoms with van der Waals surface area (Å²) in [6.07, 6.45) is 3.88. The molecule has 0 bridgehead atoms. The van der Waals surface area contributed by atoms with Crippen molar-refractivity contribution < 1.29 is 13.6 Å². The molecule has 158 valence electrons. The fourth-order valence-electron chi connectivity index (χ4n) is 3.82. The van der Waals surface area contributed by atoms with Crippen LogP contribution in [0.25, 0.3) is 5.82 Å². The number of hydrogen-bond acceptors (Lipinski definition) is 1. The summed E-state index contributed by atoms with van der Waals surface area (Å²) in [7, 11) is 0. The van der Waals surface area contributed by atoms with Gasteiger partial charge in [0.1, 0.15) is 23.0 Å². The van der Waals surface area contributed by atoms with E-state index in [-0.39, 0.29) is 6.54 Å². The molecule has 2 aromatic heterocycles. The Morgan fingerprint density at radius 2 is 1.55 bits per heavy atom. The molecule has 4 rings (SSSR count). The van der Waals surface area contributed by atoms with E-state index >= 15 is 0 Å². The highest BCUT2D eigenvalue weighted by molar-refractivity contribution is 5.94. The number of rotatable bonds is 6. The summed E-state index contributed by atoms with van der Waals surface area (Å²) in [5.41, 5.74) is 3.57. The topological polar surface area (TPSA) is 39.0 Å². The van der Waals surface area contributed by atoms with Crippen LogP contribution in [0.3, 0.4) is 0 Å². The van der Waals surface area contributed by atoms with Gasteiger partial charge in [0, 0.05) is 36.7 Å². The van der Waals surface area contributed by atoms with Crippen molar-refractivity contribution in [3.05, 3.63) is 113 Å². The zero-order valence-electron chi connectivity index (χ0n) is 17.4. The fraction of sp³-hybridized carbons (Fsp3) is 0.160. The normalized spacial score (nSPS) is 11.0. The molecular weight excluding hydrogens is 396 g/mol. The largest absolute Gasteiger partial charge is 0.348 e. The Hall–Kier alpha value is -3.67. The predicted molar refractivity (Wildman–Crippen MR) is 116 cm³/mol. The summed E-state index contributed by atoms with van der Waals surface area (Å²) in [5.74, 6) is -1.62. The lowest BCUT2D eigenvalue weighted by molar-refractivity contribution is 0.0942.